The van der Waals surface area contributed by atoms with Crippen molar-refractivity contribution >= 4 is 5.97 Å². The Kier molecular flexibility index (Phi) is 5.17. The van der Waals surface area contributed by atoms with E-state index in [0.29, 0.717) is 25.7 Å². The lowest BCUT2D eigenvalue weighted by atomic mass is 9.56. The van der Waals surface area contributed by atoms with Crippen molar-refractivity contribution in [2.45, 2.75) is 62.1 Å². The second-order valence-corrected chi connectivity index (χ2v) is 8.82. The summed E-state index contributed by atoms with van der Waals surface area (Å²) in [5.74, 6) is -1.35. The van der Waals surface area contributed by atoms with Crippen LogP contribution in [0.2, 0.25) is 0 Å². The zero-order valence-corrected chi connectivity index (χ0v) is 16.6. The van der Waals surface area contributed by atoms with Crippen LogP contribution in [0.25, 0.3) is 0 Å². The molecular formula is C24H25F3O3. The van der Waals surface area contributed by atoms with E-state index in [9.17, 15) is 28.2 Å². The van der Waals surface area contributed by atoms with Gasteiger partial charge in [0, 0.05) is 5.41 Å². The molecule has 0 bridgehead atoms. The van der Waals surface area contributed by atoms with Crippen molar-refractivity contribution in [3.8, 4) is 0 Å². The Morgan fingerprint density at radius 1 is 1.10 bits per heavy atom. The van der Waals surface area contributed by atoms with Gasteiger partial charge in [-0.25, -0.2) is 4.79 Å². The van der Waals surface area contributed by atoms with Crippen LogP contribution in [-0.4, -0.2) is 28.0 Å². The minimum atomic E-state index is -4.66. The fourth-order valence-corrected chi connectivity index (χ4v) is 5.58. The minimum Gasteiger partial charge on any atom is -0.478 e. The second kappa shape index (κ2) is 7.41. The van der Waals surface area contributed by atoms with Gasteiger partial charge in [-0.15, -0.1) is 0 Å². The van der Waals surface area contributed by atoms with Crippen LogP contribution in [0.1, 0.15) is 59.2 Å². The number of halogens is 3. The lowest BCUT2D eigenvalue weighted by Gasteiger charge is -2.50. The van der Waals surface area contributed by atoms with Gasteiger partial charge < -0.3 is 10.2 Å². The Morgan fingerprint density at radius 2 is 1.83 bits per heavy atom. The van der Waals surface area contributed by atoms with Gasteiger partial charge in [0.2, 0.25) is 0 Å². The maximum absolute atomic E-state index is 13.7. The van der Waals surface area contributed by atoms with Crippen LogP contribution in [0.5, 0.6) is 0 Å². The topological polar surface area (TPSA) is 57.5 Å². The maximum Gasteiger partial charge on any atom is 0.417 e. The molecule has 30 heavy (non-hydrogen) atoms. The molecular weight excluding hydrogens is 393 g/mol. The second-order valence-electron chi connectivity index (χ2n) is 8.82. The SMILES string of the molecule is O=C(O)c1ccc2c(c1)CCC[C@H]1C[C@](O)(C(F)(F)F)CC[C@]21Cc1ccccc1. The van der Waals surface area contributed by atoms with Gasteiger partial charge in [0.05, 0.1) is 5.56 Å². The number of aliphatic hydroxyl groups is 1. The summed E-state index contributed by atoms with van der Waals surface area (Å²) < 4.78 is 41.0. The molecule has 3 nitrogen and oxygen atoms in total. The minimum absolute atomic E-state index is 0.199. The van der Waals surface area contributed by atoms with Crippen LogP contribution in [0, 0.1) is 5.92 Å². The third kappa shape index (κ3) is 3.51. The molecule has 0 saturated heterocycles. The summed E-state index contributed by atoms with van der Waals surface area (Å²) >= 11 is 0. The highest BCUT2D eigenvalue weighted by Gasteiger charge is 2.60. The molecule has 0 amide bonds. The number of aromatic carboxylic acids is 1. The van der Waals surface area contributed by atoms with Gasteiger partial charge >= 0.3 is 12.1 Å². The molecule has 6 heteroatoms. The van der Waals surface area contributed by atoms with E-state index in [2.05, 4.69) is 0 Å². The molecule has 2 aromatic carbocycles. The van der Waals surface area contributed by atoms with Crippen LogP contribution in [-0.2, 0) is 18.3 Å². The van der Waals surface area contributed by atoms with Gasteiger partial charge in [-0.1, -0.05) is 36.4 Å². The fraction of sp³-hybridized carbons (Fsp3) is 0.458. The molecule has 0 radical (unpaired) electrons. The summed E-state index contributed by atoms with van der Waals surface area (Å²) in [5, 5.41) is 19.9. The van der Waals surface area contributed by atoms with E-state index in [1.807, 2.05) is 30.3 Å². The molecule has 0 unspecified atom stereocenters. The number of carboxylic acids is 1. The molecule has 4 rings (SSSR count). The maximum atomic E-state index is 13.7. The molecule has 160 valence electrons. The number of rotatable bonds is 3. The number of carboxylic acid groups (broad SMARTS) is 1. The molecule has 1 fully saturated rings. The van der Waals surface area contributed by atoms with Gasteiger partial charge in [-0.05, 0) is 79.7 Å². The van der Waals surface area contributed by atoms with Gasteiger partial charge in [0.1, 0.15) is 0 Å². The van der Waals surface area contributed by atoms with Crippen molar-refractivity contribution in [3.63, 3.8) is 0 Å². The van der Waals surface area contributed by atoms with E-state index in [4.69, 9.17) is 0 Å². The monoisotopic (exact) mass is 418 g/mol. The van der Waals surface area contributed by atoms with E-state index in [1.54, 1.807) is 18.2 Å². The highest BCUT2D eigenvalue weighted by atomic mass is 19.4. The molecule has 2 aliphatic carbocycles. The van der Waals surface area contributed by atoms with Crippen LogP contribution in [0.4, 0.5) is 13.2 Å². The Morgan fingerprint density at radius 3 is 2.50 bits per heavy atom. The van der Waals surface area contributed by atoms with E-state index in [1.165, 1.54) is 0 Å². The zero-order valence-electron chi connectivity index (χ0n) is 16.6. The molecule has 3 atom stereocenters. The molecule has 2 aliphatic rings. The van der Waals surface area contributed by atoms with Crippen molar-refractivity contribution in [3.05, 3.63) is 70.8 Å². The van der Waals surface area contributed by atoms with Crippen molar-refractivity contribution in [2.75, 3.05) is 0 Å². The number of fused-ring (bicyclic) bond motifs is 3. The van der Waals surface area contributed by atoms with Crippen molar-refractivity contribution in [1.29, 1.82) is 0 Å². The van der Waals surface area contributed by atoms with E-state index in [0.717, 1.165) is 16.7 Å². The summed E-state index contributed by atoms with van der Waals surface area (Å²) in [6, 6.07) is 14.7. The van der Waals surface area contributed by atoms with Crippen molar-refractivity contribution in [2.24, 2.45) is 5.92 Å². The molecule has 2 N–H and O–H groups in total. The summed E-state index contributed by atoms with van der Waals surface area (Å²) in [6.45, 7) is 0. The van der Waals surface area contributed by atoms with Crippen LogP contribution < -0.4 is 0 Å². The Hall–Kier alpha value is -2.34. The van der Waals surface area contributed by atoms with Crippen LogP contribution in [0.3, 0.4) is 0 Å². The number of benzene rings is 2. The largest absolute Gasteiger partial charge is 0.478 e. The predicted octanol–water partition coefficient (Wildman–Crippen LogP) is 5.30. The van der Waals surface area contributed by atoms with Gasteiger partial charge in [-0.2, -0.15) is 13.2 Å². The van der Waals surface area contributed by atoms with Crippen LogP contribution >= 0.6 is 0 Å². The fourth-order valence-electron chi connectivity index (χ4n) is 5.58. The molecule has 0 aliphatic heterocycles. The summed E-state index contributed by atoms with van der Waals surface area (Å²) in [4.78, 5) is 11.5. The van der Waals surface area contributed by atoms with Gasteiger partial charge in [-0.3, -0.25) is 0 Å². The molecule has 1 saturated carbocycles. The van der Waals surface area contributed by atoms with E-state index >= 15 is 0 Å². The van der Waals surface area contributed by atoms with E-state index < -0.39 is 23.2 Å². The predicted molar refractivity (Wildman–Crippen MR) is 107 cm³/mol. The third-order valence-electron chi connectivity index (χ3n) is 7.13. The lowest BCUT2D eigenvalue weighted by Crippen LogP contribution is -2.55. The molecule has 0 spiro atoms. The first-order valence-electron chi connectivity index (χ1n) is 10.3. The number of carbonyl (C=O) groups is 1. The number of alkyl halides is 3. The lowest BCUT2D eigenvalue weighted by molar-refractivity contribution is -0.279. The Labute approximate surface area is 173 Å². The first-order valence-corrected chi connectivity index (χ1v) is 10.3. The van der Waals surface area contributed by atoms with Gasteiger partial charge in [0.25, 0.3) is 0 Å². The highest BCUT2D eigenvalue weighted by molar-refractivity contribution is 5.88. The average Bonchev–Trinajstić information content (AvgIpc) is 2.84. The first-order chi connectivity index (χ1) is 14.1. The van der Waals surface area contributed by atoms with Crippen molar-refractivity contribution < 1.29 is 28.2 Å². The molecule has 2 aromatic rings. The Bertz CT molecular complexity index is 940. The smallest absolute Gasteiger partial charge is 0.417 e. The van der Waals surface area contributed by atoms with E-state index in [-0.39, 0.29) is 30.7 Å². The van der Waals surface area contributed by atoms with Crippen molar-refractivity contribution in [1.82, 2.24) is 0 Å². The van der Waals surface area contributed by atoms with Crippen LogP contribution in [0.15, 0.2) is 48.5 Å². The normalized spacial score (nSPS) is 28.9. The van der Waals surface area contributed by atoms with Gasteiger partial charge in [0.15, 0.2) is 5.60 Å². The zero-order chi connectivity index (χ0) is 21.6. The average molecular weight is 418 g/mol. The number of hydrogen-bond acceptors (Lipinski definition) is 2. The number of aryl methyl sites for hydroxylation is 1. The Balaban J connectivity index is 1.83. The molecule has 0 aromatic heterocycles. The summed E-state index contributed by atoms with van der Waals surface area (Å²) in [6.07, 6.45) is -2.66. The standard InChI is InChI=1S/C24H25F3O3/c25-24(26,27)23(30)12-11-22(14-16-5-2-1-3-6-16)19(15-23)8-4-7-17-13-18(21(28)29)9-10-20(17)22/h1-3,5-6,9-10,13,19,30H,4,7-8,11-12,14-15H2,(H,28,29)/t19-,22+,23-/m0/s1. The molecule has 0 heterocycles. The summed E-state index contributed by atoms with van der Waals surface area (Å²) in [7, 11) is 0. The first kappa shape index (κ1) is 20.9. The summed E-state index contributed by atoms with van der Waals surface area (Å²) in [5.41, 5.74) is -0.126. The quantitative estimate of drug-likeness (QED) is 0.712. The number of hydrogen-bond donors (Lipinski definition) is 2. The third-order valence-corrected chi connectivity index (χ3v) is 7.13. The highest BCUT2D eigenvalue weighted by Crippen LogP contribution is 2.56.